The fraction of sp³-hybridized carbons (Fsp3) is 0.500. The van der Waals surface area contributed by atoms with Crippen molar-refractivity contribution in [3.05, 3.63) is 23.0 Å². The number of hydrogen-bond acceptors (Lipinski definition) is 2. The molecule has 0 aliphatic carbocycles. The summed E-state index contributed by atoms with van der Waals surface area (Å²) in [5.74, 6) is 2.39. The van der Waals surface area contributed by atoms with E-state index in [4.69, 9.17) is 5.73 Å². The van der Waals surface area contributed by atoms with Crippen LogP contribution in [0.15, 0.2) is 6.07 Å². The maximum absolute atomic E-state index is 5.52. The minimum Gasteiger partial charge on any atom is -0.360 e. The molecule has 0 aromatic carbocycles. The van der Waals surface area contributed by atoms with Crippen molar-refractivity contribution in [2.75, 3.05) is 5.75 Å². The molecular weight excluding hydrogens is 156 g/mol. The van der Waals surface area contributed by atoms with E-state index in [9.17, 15) is 0 Å². The van der Waals surface area contributed by atoms with Crippen molar-refractivity contribution < 1.29 is 0 Å². The van der Waals surface area contributed by atoms with Crippen LogP contribution in [0.1, 0.15) is 17.0 Å². The van der Waals surface area contributed by atoms with Crippen molar-refractivity contribution >= 4 is 11.8 Å². The summed E-state index contributed by atoms with van der Waals surface area (Å²) in [7, 11) is 0. The zero-order valence-electron chi connectivity index (χ0n) is 6.39. The van der Waals surface area contributed by atoms with Gasteiger partial charge in [-0.2, -0.15) is 11.8 Å². The molecule has 0 bridgehead atoms. The Kier molecular flexibility index (Phi) is 1.92. The average Bonchev–Trinajstić information content (AvgIpc) is 2.46. The molecule has 0 radical (unpaired) electrons. The largest absolute Gasteiger partial charge is 0.360 e. The van der Waals surface area contributed by atoms with Crippen LogP contribution < -0.4 is 5.73 Å². The highest BCUT2D eigenvalue weighted by molar-refractivity contribution is 7.98. The number of thioether (sulfide) groups is 1. The van der Waals surface area contributed by atoms with Gasteiger partial charge in [0.1, 0.15) is 0 Å². The molecule has 2 heterocycles. The number of nitrogens with one attached hydrogen (secondary N) is 1. The summed E-state index contributed by atoms with van der Waals surface area (Å²) in [5, 5.41) is 0. The number of nitrogens with two attached hydrogens (primary N) is 1. The number of fused-ring (bicyclic) bond motifs is 1. The van der Waals surface area contributed by atoms with Gasteiger partial charge in [0.2, 0.25) is 0 Å². The second-order valence-electron chi connectivity index (χ2n) is 2.81. The van der Waals surface area contributed by atoms with E-state index in [1.807, 2.05) is 11.8 Å². The van der Waals surface area contributed by atoms with Crippen molar-refractivity contribution in [2.24, 2.45) is 5.73 Å². The van der Waals surface area contributed by atoms with Gasteiger partial charge in [0.25, 0.3) is 0 Å². The molecule has 1 aliphatic rings. The molecule has 0 atom stereocenters. The number of aromatic amines is 1. The predicted octanol–water partition coefficient (Wildman–Crippen LogP) is 1.26. The summed E-state index contributed by atoms with van der Waals surface area (Å²) in [6, 6.07) is 2.20. The van der Waals surface area contributed by atoms with Crippen LogP contribution in [0.4, 0.5) is 0 Å². The van der Waals surface area contributed by atoms with Gasteiger partial charge in [-0.1, -0.05) is 0 Å². The predicted molar refractivity (Wildman–Crippen MR) is 48.6 cm³/mol. The van der Waals surface area contributed by atoms with Gasteiger partial charge in [-0.3, -0.25) is 0 Å². The van der Waals surface area contributed by atoms with E-state index in [-0.39, 0.29) is 0 Å². The average molecular weight is 168 g/mol. The Labute approximate surface area is 70.6 Å². The zero-order chi connectivity index (χ0) is 7.68. The molecule has 1 aliphatic heterocycles. The first-order valence-electron chi connectivity index (χ1n) is 3.87. The van der Waals surface area contributed by atoms with Crippen LogP contribution in [0.2, 0.25) is 0 Å². The van der Waals surface area contributed by atoms with Crippen LogP contribution in [0, 0.1) is 0 Å². The number of aromatic nitrogens is 1. The van der Waals surface area contributed by atoms with Gasteiger partial charge >= 0.3 is 0 Å². The first kappa shape index (κ1) is 7.25. The summed E-state index contributed by atoms with van der Waals surface area (Å²) >= 11 is 1.99. The van der Waals surface area contributed by atoms with Crippen LogP contribution in [-0.2, 0) is 18.7 Å². The van der Waals surface area contributed by atoms with Gasteiger partial charge in [-0.05, 0) is 23.8 Å². The van der Waals surface area contributed by atoms with Crippen LogP contribution >= 0.6 is 11.8 Å². The molecule has 11 heavy (non-hydrogen) atoms. The van der Waals surface area contributed by atoms with E-state index >= 15 is 0 Å². The molecule has 3 heteroatoms. The lowest BCUT2D eigenvalue weighted by molar-refractivity contribution is 0.990. The molecule has 0 spiro atoms. The Hall–Kier alpha value is -0.410. The molecule has 0 saturated carbocycles. The molecule has 0 fully saturated rings. The van der Waals surface area contributed by atoms with Crippen LogP contribution in [0.25, 0.3) is 0 Å². The second kappa shape index (κ2) is 2.91. The first-order chi connectivity index (χ1) is 5.40. The summed E-state index contributed by atoms with van der Waals surface area (Å²) < 4.78 is 0. The molecule has 0 amide bonds. The van der Waals surface area contributed by atoms with Crippen molar-refractivity contribution in [1.82, 2.24) is 4.98 Å². The molecular formula is C8H12N2S. The Morgan fingerprint density at radius 3 is 3.27 bits per heavy atom. The van der Waals surface area contributed by atoms with Crippen molar-refractivity contribution in [2.45, 2.75) is 18.7 Å². The van der Waals surface area contributed by atoms with E-state index in [2.05, 4.69) is 11.1 Å². The van der Waals surface area contributed by atoms with Gasteiger partial charge in [0.15, 0.2) is 0 Å². The standard InChI is InChI=1S/C8H12N2S/c9-4-7-3-6-1-2-11-5-8(6)10-7/h3,10H,1-2,4-5,9H2. The van der Waals surface area contributed by atoms with Gasteiger partial charge in [0, 0.05) is 23.7 Å². The highest BCUT2D eigenvalue weighted by atomic mass is 32.2. The number of hydrogen-bond donors (Lipinski definition) is 2. The monoisotopic (exact) mass is 168 g/mol. The third-order valence-corrected chi connectivity index (χ3v) is 3.02. The quantitative estimate of drug-likeness (QED) is 0.663. The summed E-state index contributed by atoms with van der Waals surface area (Å²) in [6.45, 7) is 0.637. The highest BCUT2D eigenvalue weighted by Gasteiger charge is 2.11. The van der Waals surface area contributed by atoms with Crippen molar-refractivity contribution in [3.8, 4) is 0 Å². The van der Waals surface area contributed by atoms with Gasteiger partial charge in [-0.15, -0.1) is 0 Å². The normalized spacial score (nSPS) is 16.5. The second-order valence-corrected chi connectivity index (χ2v) is 3.91. The lowest BCUT2D eigenvalue weighted by atomic mass is 10.2. The lowest BCUT2D eigenvalue weighted by Crippen LogP contribution is -1.99. The molecule has 0 unspecified atom stereocenters. The molecule has 1 aromatic heterocycles. The highest BCUT2D eigenvalue weighted by Crippen LogP contribution is 2.24. The Morgan fingerprint density at radius 1 is 1.64 bits per heavy atom. The van der Waals surface area contributed by atoms with Gasteiger partial charge in [0.05, 0.1) is 0 Å². The van der Waals surface area contributed by atoms with Crippen LogP contribution in [0.5, 0.6) is 0 Å². The minimum absolute atomic E-state index is 0.637. The third kappa shape index (κ3) is 1.30. The smallest absolute Gasteiger partial charge is 0.0339 e. The number of aryl methyl sites for hydroxylation is 1. The summed E-state index contributed by atoms with van der Waals surface area (Å²) in [4.78, 5) is 3.34. The van der Waals surface area contributed by atoms with Crippen molar-refractivity contribution in [3.63, 3.8) is 0 Å². The van der Waals surface area contributed by atoms with Gasteiger partial charge in [-0.25, -0.2) is 0 Å². The molecule has 1 aromatic rings. The van der Waals surface area contributed by atoms with E-state index in [0.29, 0.717) is 6.54 Å². The third-order valence-electron chi connectivity index (χ3n) is 2.03. The van der Waals surface area contributed by atoms with Crippen LogP contribution in [-0.4, -0.2) is 10.7 Å². The van der Waals surface area contributed by atoms with E-state index < -0.39 is 0 Å². The topological polar surface area (TPSA) is 41.8 Å². The Morgan fingerprint density at radius 2 is 2.55 bits per heavy atom. The minimum atomic E-state index is 0.637. The molecule has 3 N–H and O–H groups in total. The molecule has 2 nitrogen and oxygen atoms in total. The first-order valence-corrected chi connectivity index (χ1v) is 5.03. The maximum atomic E-state index is 5.52. The van der Waals surface area contributed by atoms with Crippen molar-refractivity contribution in [1.29, 1.82) is 0 Å². The number of rotatable bonds is 1. The van der Waals surface area contributed by atoms with Crippen LogP contribution in [0.3, 0.4) is 0 Å². The molecule has 60 valence electrons. The zero-order valence-corrected chi connectivity index (χ0v) is 7.21. The van der Waals surface area contributed by atoms with E-state index in [1.54, 1.807) is 0 Å². The lowest BCUT2D eigenvalue weighted by Gasteiger charge is -2.08. The Bertz CT molecular complexity index is 231. The maximum Gasteiger partial charge on any atom is 0.0339 e. The fourth-order valence-corrected chi connectivity index (χ4v) is 2.40. The summed E-state index contributed by atoms with van der Waals surface area (Å²) in [5.41, 5.74) is 9.57. The van der Waals surface area contributed by atoms with E-state index in [0.717, 1.165) is 5.75 Å². The van der Waals surface area contributed by atoms with E-state index in [1.165, 1.54) is 29.1 Å². The molecule has 2 rings (SSSR count). The Balaban J connectivity index is 2.32. The number of H-pyrrole nitrogens is 1. The molecule has 0 saturated heterocycles. The fourth-order valence-electron chi connectivity index (χ4n) is 1.43. The summed E-state index contributed by atoms with van der Waals surface area (Å²) in [6.07, 6.45) is 1.20. The SMILES string of the molecule is NCc1cc2c([nH]1)CSCC2. The van der Waals surface area contributed by atoms with Gasteiger partial charge < -0.3 is 10.7 Å².